The second-order valence-corrected chi connectivity index (χ2v) is 5.28. The van der Waals surface area contributed by atoms with E-state index in [4.69, 9.17) is 20.3 Å². The molecule has 0 bridgehead atoms. The Morgan fingerprint density at radius 3 is 2.84 bits per heavy atom. The van der Waals surface area contributed by atoms with Gasteiger partial charge < -0.3 is 20.3 Å². The SMILES string of the molecule is CCO[C@@H]1OC(C(N)=O)=C[C@H](C2CC2)[C@@H]1CCCO. The maximum absolute atomic E-state index is 11.3. The van der Waals surface area contributed by atoms with Crippen LogP contribution in [0.4, 0.5) is 0 Å². The monoisotopic (exact) mass is 269 g/mol. The Labute approximate surface area is 113 Å². The van der Waals surface area contributed by atoms with Gasteiger partial charge in [0.05, 0.1) is 0 Å². The van der Waals surface area contributed by atoms with Gasteiger partial charge in [-0.05, 0) is 50.5 Å². The third-order valence-electron chi connectivity index (χ3n) is 3.87. The molecule has 1 fully saturated rings. The molecule has 5 heteroatoms. The zero-order valence-electron chi connectivity index (χ0n) is 11.4. The minimum atomic E-state index is -0.532. The van der Waals surface area contributed by atoms with Crippen LogP contribution >= 0.6 is 0 Å². The van der Waals surface area contributed by atoms with Crippen LogP contribution in [0.2, 0.25) is 0 Å². The molecule has 108 valence electrons. The standard InChI is InChI=1S/C14H23NO4/c1-2-18-14-10(4-3-7-16)11(9-5-6-9)8-12(19-14)13(15)17/h8-11,14,16H,2-7H2,1H3,(H2,15,17)/t10-,11+,14+/m0/s1. The summed E-state index contributed by atoms with van der Waals surface area (Å²) in [6.45, 7) is 2.60. The van der Waals surface area contributed by atoms with Crippen molar-refractivity contribution in [1.29, 1.82) is 0 Å². The average Bonchev–Trinajstić information content (AvgIpc) is 3.21. The van der Waals surface area contributed by atoms with Crippen LogP contribution in [0.1, 0.15) is 32.6 Å². The van der Waals surface area contributed by atoms with E-state index in [-0.39, 0.29) is 24.2 Å². The molecule has 0 spiro atoms. The van der Waals surface area contributed by atoms with Gasteiger partial charge in [0.25, 0.3) is 5.91 Å². The summed E-state index contributed by atoms with van der Waals surface area (Å²) in [4.78, 5) is 11.3. The highest BCUT2D eigenvalue weighted by Crippen LogP contribution is 2.46. The van der Waals surface area contributed by atoms with Crippen LogP contribution in [0.25, 0.3) is 0 Å². The van der Waals surface area contributed by atoms with Crippen molar-refractivity contribution in [3.8, 4) is 0 Å². The van der Waals surface area contributed by atoms with Crippen LogP contribution in [-0.2, 0) is 14.3 Å². The van der Waals surface area contributed by atoms with Crippen molar-refractivity contribution >= 4 is 5.91 Å². The molecule has 0 radical (unpaired) electrons. The Hall–Kier alpha value is -1.07. The van der Waals surface area contributed by atoms with Crippen LogP contribution in [0.3, 0.4) is 0 Å². The fraction of sp³-hybridized carbons (Fsp3) is 0.786. The van der Waals surface area contributed by atoms with E-state index in [1.807, 2.05) is 13.0 Å². The van der Waals surface area contributed by atoms with Crippen molar-refractivity contribution in [3.05, 3.63) is 11.8 Å². The molecule has 1 heterocycles. The first-order valence-electron chi connectivity index (χ1n) is 7.08. The lowest BCUT2D eigenvalue weighted by atomic mass is 9.82. The first-order chi connectivity index (χ1) is 9.17. The fourth-order valence-corrected chi connectivity index (χ4v) is 2.82. The lowest BCUT2D eigenvalue weighted by molar-refractivity contribution is -0.172. The highest BCUT2D eigenvalue weighted by atomic mass is 16.7. The summed E-state index contributed by atoms with van der Waals surface area (Å²) in [5, 5.41) is 9.02. The summed E-state index contributed by atoms with van der Waals surface area (Å²) in [5.74, 6) is 0.776. The summed E-state index contributed by atoms with van der Waals surface area (Å²) in [7, 11) is 0. The predicted molar refractivity (Wildman–Crippen MR) is 69.8 cm³/mol. The van der Waals surface area contributed by atoms with E-state index in [0.717, 1.165) is 12.8 Å². The van der Waals surface area contributed by atoms with Crippen LogP contribution in [0, 0.1) is 17.8 Å². The van der Waals surface area contributed by atoms with Crippen LogP contribution in [-0.4, -0.2) is 30.5 Å². The summed E-state index contributed by atoms with van der Waals surface area (Å²) >= 11 is 0. The number of ether oxygens (including phenoxy) is 2. The van der Waals surface area contributed by atoms with E-state index in [1.54, 1.807) is 0 Å². The normalized spacial score (nSPS) is 30.6. The molecule has 1 aliphatic carbocycles. The van der Waals surface area contributed by atoms with Crippen molar-refractivity contribution < 1.29 is 19.4 Å². The molecule has 5 nitrogen and oxygen atoms in total. The average molecular weight is 269 g/mol. The van der Waals surface area contributed by atoms with Crippen molar-refractivity contribution in [1.82, 2.24) is 0 Å². The molecule has 0 saturated heterocycles. The Bertz CT molecular complexity index is 351. The first-order valence-corrected chi connectivity index (χ1v) is 7.08. The minimum absolute atomic E-state index is 0.166. The quantitative estimate of drug-likeness (QED) is 0.726. The van der Waals surface area contributed by atoms with E-state index in [2.05, 4.69) is 0 Å². The van der Waals surface area contributed by atoms with Crippen LogP contribution in [0.5, 0.6) is 0 Å². The fourth-order valence-electron chi connectivity index (χ4n) is 2.82. The van der Waals surface area contributed by atoms with Crippen molar-refractivity contribution in [3.63, 3.8) is 0 Å². The van der Waals surface area contributed by atoms with E-state index < -0.39 is 12.2 Å². The molecule has 0 aromatic carbocycles. The summed E-state index contributed by atoms with van der Waals surface area (Å²) in [6.07, 6.45) is 5.38. The number of hydrogen-bond donors (Lipinski definition) is 2. The third-order valence-corrected chi connectivity index (χ3v) is 3.87. The number of carbonyl (C=O) groups is 1. The van der Waals surface area contributed by atoms with Crippen molar-refractivity contribution in [2.75, 3.05) is 13.2 Å². The molecule has 0 aromatic rings. The van der Waals surface area contributed by atoms with Gasteiger partial charge in [0, 0.05) is 19.1 Å². The molecular weight excluding hydrogens is 246 g/mol. The second-order valence-electron chi connectivity index (χ2n) is 5.28. The smallest absolute Gasteiger partial charge is 0.283 e. The van der Waals surface area contributed by atoms with Gasteiger partial charge in [0.1, 0.15) is 0 Å². The van der Waals surface area contributed by atoms with Crippen molar-refractivity contribution in [2.45, 2.75) is 38.9 Å². The lowest BCUT2D eigenvalue weighted by Gasteiger charge is -2.36. The highest BCUT2D eigenvalue weighted by molar-refractivity contribution is 5.90. The maximum Gasteiger partial charge on any atom is 0.283 e. The third kappa shape index (κ3) is 3.48. The van der Waals surface area contributed by atoms with Gasteiger partial charge in [0.2, 0.25) is 6.29 Å². The van der Waals surface area contributed by atoms with Crippen LogP contribution < -0.4 is 5.73 Å². The Morgan fingerprint density at radius 2 is 2.32 bits per heavy atom. The zero-order valence-corrected chi connectivity index (χ0v) is 11.4. The largest absolute Gasteiger partial charge is 0.459 e. The summed E-state index contributed by atoms with van der Waals surface area (Å²) in [5.41, 5.74) is 5.33. The second kappa shape index (κ2) is 6.39. The number of carbonyl (C=O) groups excluding carboxylic acids is 1. The summed E-state index contributed by atoms with van der Waals surface area (Å²) < 4.78 is 11.2. The van der Waals surface area contributed by atoms with Crippen LogP contribution in [0.15, 0.2) is 11.8 Å². The molecule has 0 aromatic heterocycles. The lowest BCUT2D eigenvalue weighted by Crippen LogP contribution is -2.39. The van der Waals surface area contributed by atoms with E-state index in [1.165, 1.54) is 12.8 Å². The molecule has 3 atom stereocenters. The molecule has 2 aliphatic rings. The molecule has 1 amide bonds. The summed E-state index contributed by atoms with van der Waals surface area (Å²) in [6, 6.07) is 0. The number of primary amides is 1. The molecule has 3 N–H and O–H groups in total. The van der Waals surface area contributed by atoms with Crippen molar-refractivity contribution in [2.24, 2.45) is 23.5 Å². The Kier molecular flexibility index (Phi) is 4.82. The molecular formula is C14H23NO4. The van der Waals surface area contributed by atoms with Gasteiger partial charge in [0.15, 0.2) is 5.76 Å². The van der Waals surface area contributed by atoms with E-state index in [0.29, 0.717) is 12.5 Å². The number of aliphatic hydroxyl groups is 1. The molecule has 2 rings (SSSR count). The number of nitrogens with two attached hydrogens (primary N) is 1. The topological polar surface area (TPSA) is 81.8 Å². The zero-order chi connectivity index (χ0) is 13.8. The molecule has 0 unspecified atom stereocenters. The molecule has 1 saturated carbocycles. The number of hydrogen-bond acceptors (Lipinski definition) is 4. The van der Waals surface area contributed by atoms with E-state index >= 15 is 0 Å². The van der Waals surface area contributed by atoms with Gasteiger partial charge in [-0.25, -0.2) is 0 Å². The Balaban J connectivity index is 2.16. The molecule has 19 heavy (non-hydrogen) atoms. The molecule has 1 aliphatic heterocycles. The van der Waals surface area contributed by atoms with Gasteiger partial charge in [-0.15, -0.1) is 0 Å². The predicted octanol–water partition coefficient (Wildman–Crippen LogP) is 1.16. The van der Waals surface area contributed by atoms with Gasteiger partial charge in [-0.2, -0.15) is 0 Å². The van der Waals surface area contributed by atoms with E-state index in [9.17, 15) is 4.79 Å². The number of allylic oxidation sites excluding steroid dienone is 1. The number of aliphatic hydroxyl groups excluding tert-OH is 1. The van der Waals surface area contributed by atoms with Gasteiger partial charge in [-0.3, -0.25) is 4.79 Å². The maximum atomic E-state index is 11.3. The number of rotatable bonds is 7. The minimum Gasteiger partial charge on any atom is -0.459 e. The van der Waals surface area contributed by atoms with Gasteiger partial charge in [-0.1, -0.05) is 0 Å². The van der Waals surface area contributed by atoms with Gasteiger partial charge >= 0.3 is 0 Å². The number of amides is 1. The first kappa shape index (κ1) is 14.3. The highest BCUT2D eigenvalue weighted by Gasteiger charge is 2.43. The Morgan fingerprint density at radius 1 is 1.58 bits per heavy atom.